The molecular weight excluding hydrogens is 230 g/mol. The van der Waals surface area contributed by atoms with Gasteiger partial charge in [-0.15, -0.1) is 0 Å². The zero-order valence-corrected chi connectivity index (χ0v) is 12.6. The largest absolute Gasteiger partial charge is 0.301 e. The zero-order valence-electron chi connectivity index (χ0n) is 12.6. The van der Waals surface area contributed by atoms with Gasteiger partial charge >= 0.3 is 0 Å². The summed E-state index contributed by atoms with van der Waals surface area (Å²) in [5.74, 6) is 1.76. The van der Waals surface area contributed by atoms with Crippen LogP contribution in [-0.2, 0) is 6.42 Å². The minimum Gasteiger partial charge on any atom is -0.301 e. The fraction of sp³-hybridized carbons (Fsp3) is 0.667. The van der Waals surface area contributed by atoms with Gasteiger partial charge in [0.05, 0.1) is 0 Å². The maximum atomic E-state index is 2.55. The fourth-order valence-corrected chi connectivity index (χ4v) is 2.94. The van der Waals surface area contributed by atoms with E-state index in [4.69, 9.17) is 0 Å². The van der Waals surface area contributed by atoms with E-state index in [-0.39, 0.29) is 0 Å². The molecule has 1 aliphatic rings. The van der Waals surface area contributed by atoms with E-state index in [1.165, 1.54) is 57.3 Å². The van der Waals surface area contributed by atoms with Gasteiger partial charge in [0.25, 0.3) is 0 Å². The van der Waals surface area contributed by atoms with Crippen molar-refractivity contribution in [2.75, 3.05) is 19.6 Å². The van der Waals surface area contributed by atoms with Crippen molar-refractivity contribution in [1.82, 2.24) is 4.90 Å². The van der Waals surface area contributed by atoms with E-state index in [1.54, 1.807) is 0 Å². The van der Waals surface area contributed by atoms with Crippen LogP contribution in [0.25, 0.3) is 0 Å². The third-order valence-corrected chi connectivity index (χ3v) is 4.36. The summed E-state index contributed by atoms with van der Waals surface area (Å²) in [7, 11) is 0. The highest BCUT2D eigenvalue weighted by atomic mass is 15.3. The van der Waals surface area contributed by atoms with Gasteiger partial charge in [-0.2, -0.15) is 0 Å². The molecule has 0 bridgehead atoms. The van der Waals surface area contributed by atoms with Crippen molar-refractivity contribution in [3.05, 3.63) is 35.9 Å². The molecule has 1 nitrogen and oxygen atoms in total. The second kappa shape index (κ2) is 7.69. The maximum absolute atomic E-state index is 2.55. The molecule has 19 heavy (non-hydrogen) atoms. The number of hydrogen-bond donors (Lipinski definition) is 0. The van der Waals surface area contributed by atoms with Crippen molar-refractivity contribution in [1.29, 1.82) is 0 Å². The summed E-state index contributed by atoms with van der Waals surface area (Å²) in [5.41, 5.74) is 1.51. The second-order valence-electron chi connectivity index (χ2n) is 6.30. The molecule has 0 aromatic heterocycles. The predicted molar refractivity (Wildman–Crippen MR) is 83.4 cm³/mol. The Bertz CT molecular complexity index is 342. The van der Waals surface area contributed by atoms with E-state index in [1.807, 2.05) is 0 Å². The van der Waals surface area contributed by atoms with Crippen LogP contribution in [0.15, 0.2) is 30.3 Å². The van der Waals surface area contributed by atoms with E-state index in [9.17, 15) is 0 Å². The van der Waals surface area contributed by atoms with Gasteiger partial charge in [0.1, 0.15) is 0 Å². The van der Waals surface area contributed by atoms with Crippen LogP contribution < -0.4 is 0 Å². The molecular formula is C18H29N. The third kappa shape index (κ3) is 5.78. The maximum Gasteiger partial charge on any atom is 0.0110 e. The first-order valence-corrected chi connectivity index (χ1v) is 8.04. The monoisotopic (exact) mass is 259 g/mol. The minimum atomic E-state index is 0.871. The highest BCUT2D eigenvalue weighted by Gasteiger charge is 2.19. The molecule has 0 aliphatic carbocycles. The van der Waals surface area contributed by atoms with Crippen molar-refractivity contribution in [2.24, 2.45) is 11.8 Å². The Hall–Kier alpha value is -0.820. The Morgan fingerprint density at radius 1 is 1.11 bits per heavy atom. The lowest BCUT2D eigenvalue weighted by atomic mass is 9.90. The van der Waals surface area contributed by atoms with Crippen LogP contribution in [0.3, 0.4) is 0 Å². The molecule has 1 fully saturated rings. The van der Waals surface area contributed by atoms with Crippen LogP contribution in [0.2, 0.25) is 0 Å². The summed E-state index contributed by atoms with van der Waals surface area (Å²) >= 11 is 0. The molecule has 1 aromatic carbocycles. The first-order chi connectivity index (χ1) is 9.28. The van der Waals surface area contributed by atoms with Gasteiger partial charge < -0.3 is 4.90 Å². The predicted octanol–water partition coefficient (Wildman–Crippen LogP) is 4.38. The van der Waals surface area contributed by atoms with Gasteiger partial charge in [-0.05, 0) is 30.2 Å². The standard InChI is InChI=1S/C18H29N/c1-3-17(14-18-9-5-4-6-10-18)11-7-8-16(2)15-19-12-13-19/h4-6,9-10,16-17H,3,7-8,11-15H2,1-2H3. The molecule has 1 aliphatic heterocycles. The Labute approximate surface area is 119 Å². The first-order valence-electron chi connectivity index (χ1n) is 8.04. The van der Waals surface area contributed by atoms with Gasteiger partial charge in [-0.1, -0.05) is 63.4 Å². The number of rotatable bonds is 9. The van der Waals surface area contributed by atoms with Crippen molar-refractivity contribution in [3.8, 4) is 0 Å². The molecule has 2 rings (SSSR count). The highest BCUT2D eigenvalue weighted by Crippen LogP contribution is 2.21. The average Bonchev–Trinajstić information content (AvgIpc) is 3.22. The molecule has 1 saturated heterocycles. The van der Waals surface area contributed by atoms with Crippen LogP contribution in [0, 0.1) is 11.8 Å². The fourth-order valence-electron chi connectivity index (χ4n) is 2.94. The van der Waals surface area contributed by atoms with E-state index >= 15 is 0 Å². The molecule has 0 amide bonds. The zero-order chi connectivity index (χ0) is 13.5. The summed E-state index contributed by atoms with van der Waals surface area (Å²) in [6, 6.07) is 11.0. The molecule has 0 saturated carbocycles. The Morgan fingerprint density at radius 3 is 2.47 bits per heavy atom. The molecule has 0 radical (unpaired) electrons. The Kier molecular flexibility index (Phi) is 5.91. The summed E-state index contributed by atoms with van der Waals surface area (Å²) < 4.78 is 0. The summed E-state index contributed by atoms with van der Waals surface area (Å²) in [6.07, 6.45) is 6.78. The van der Waals surface area contributed by atoms with E-state index < -0.39 is 0 Å². The molecule has 2 unspecified atom stereocenters. The lowest BCUT2D eigenvalue weighted by molar-refractivity contribution is 0.370. The van der Waals surface area contributed by atoms with Gasteiger partial charge in [-0.25, -0.2) is 0 Å². The van der Waals surface area contributed by atoms with Crippen LogP contribution >= 0.6 is 0 Å². The van der Waals surface area contributed by atoms with Gasteiger partial charge in [-0.3, -0.25) is 0 Å². The SMILES string of the molecule is CCC(CCCC(C)CN1CC1)Cc1ccccc1. The quantitative estimate of drug-likeness (QED) is 0.595. The van der Waals surface area contributed by atoms with Crippen molar-refractivity contribution >= 4 is 0 Å². The molecule has 1 aromatic rings. The Balaban J connectivity index is 1.64. The number of hydrogen-bond acceptors (Lipinski definition) is 1. The summed E-state index contributed by atoms with van der Waals surface area (Å²) in [6.45, 7) is 8.77. The lowest BCUT2D eigenvalue weighted by Crippen LogP contribution is -2.11. The van der Waals surface area contributed by atoms with Crippen molar-refractivity contribution < 1.29 is 0 Å². The van der Waals surface area contributed by atoms with Crippen LogP contribution in [0.1, 0.15) is 45.1 Å². The van der Waals surface area contributed by atoms with E-state index in [0.717, 1.165) is 11.8 Å². The molecule has 1 heterocycles. The molecule has 106 valence electrons. The lowest BCUT2D eigenvalue weighted by Gasteiger charge is -2.17. The average molecular weight is 259 g/mol. The summed E-state index contributed by atoms with van der Waals surface area (Å²) in [5, 5.41) is 0. The third-order valence-electron chi connectivity index (χ3n) is 4.36. The smallest absolute Gasteiger partial charge is 0.0110 e. The molecule has 2 atom stereocenters. The minimum absolute atomic E-state index is 0.871. The highest BCUT2D eigenvalue weighted by molar-refractivity contribution is 5.15. The Morgan fingerprint density at radius 2 is 1.84 bits per heavy atom. The van der Waals surface area contributed by atoms with Crippen LogP contribution in [0.5, 0.6) is 0 Å². The first kappa shape index (κ1) is 14.6. The van der Waals surface area contributed by atoms with Crippen LogP contribution in [-0.4, -0.2) is 24.5 Å². The van der Waals surface area contributed by atoms with Crippen LogP contribution in [0.4, 0.5) is 0 Å². The molecule has 1 heteroatoms. The number of nitrogens with zero attached hydrogens (tertiary/aromatic N) is 1. The topological polar surface area (TPSA) is 3.01 Å². The van der Waals surface area contributed by atoms with Crippen molar-refractivity contribution in [2.45, 2.75) is 46.0 Å². The van der Waals surface area contributed by atoms with Gasteiger partial charge in [0.2, 0.25) is 0 Å². The van der Waals surface area contributed by atoms with Crippen molar-refractivity contribution in [3.63, 3.8) is 0 Å². The second-order valence-corrected chi connectivity index (χ2v) is 6.30. The van der Waals surface area contributed by atoms with Gasteiger partial charge in [0.15, 0.2) is 0 Å². The van der Waals surface area contributed by atoms with E-state index in [0.29, 0.717) is 0 Å². The number of benzene rings is 1. The molecule has 0 spiro atoms. The normalized spacial score (nSPS) is 18.2. The molecule has 0 N–H and O–H groups in total. The van der Waals surface area contributed by atoms with E-state index in [2.05, 4.69) is 49.1 Å². The summed E-state index contributed by atoms with van der Waals surface area (Å²) in [4.78, 5) is 2.55. The van der Waals surface area contributed by atoms with Gasteiger partial charge in [0, 0.05) is 19.6 Å².